The molecule has 0 saturated carbocycles. The molecular weight excluding hydrogens is 392 g/mol. The lowest BCUT2D eigenvalue weighted by atomic mass is 10.2. The van der Waals surface area contributed by atoms with Gasteiger partial charge in [-0.3, -0.25) is 9.59 Å². The summed E-state index contributed by atoms with van der Waals surface area (Å²) in [5.41, 5.74) is 1.55. The van der Waals surface area contributed by atoms with E-state index in [9.17, 15) is 9.59 Å². The minimum absolute atomic E-state index is 0.139. The third-order valence-corrected chi connectivity index (χ3v) is 5.76. The number of amides is 1. The van der Waals surface area contributed by atoms with Crippen molar-refractivity contribution in [3.63, 3.8) is 0 Å². The Balaban J connectivity index is 1.55. The summed E-state index contributed by atoms with van der Waals surface area (Å²) in [6.07, 6.45) is 3.47. The number of aryl methyl sites for hydroxylation is 1. The summed E-state index contributed by atoms with van der Waals surface area (Å²) in [5, 5.41) is 4.41. The van der Waals surface area contributed by atoms with Gasteiger partial charge in [0.05, 0.1) is 10.8 Å². The van der Waals surface area contributed by atoms with Crippen LogP contribution in [0.15, 0.2) is 75.9 Å². The monoisotopic (exact) mass is 412 g/mol. The molecule has 3 aromatic rings. The number of hydrogen-bond acceptors (Lipinski definition) is 6. The number of thioether (sulfide) groups is 2. The lowest BCUT2D eigenvalue weighted by molar-refractivity contribution is -0.113. The lowest BCUT2D eigenvalue weighted by Crippen LogP contribution is -2.17. The summed E-state index contributed by atoms with van der Waals surface area (Å²) < 4.78 is 1.84. The van der Waals surface area contributed by atoms with Crippen LogP contribution in [0.1, 0.15) is 12.5 Å². The average molecular weight is 413 g/mol. The van der Waals surface area contributed by atoms with Crippen molar-refractivity contribution in [3.8, 4) is 0 Å². The van der Waals surface area contributed by atoms with E-state index in [1.807, 2.05) is 54.0 Å². The van der Waals surface area contributed by atoms with Crippen LogP contribution in [0.5, 0.6) is 0 Å². The van der Waals surface area contributed by atoms with Gasteiger partial charge in [0, 0.05) is 36.4 Å². The number of hydrogen-bond donors (Lipinski definition) is 1. The largest absolute Gasteiger partial charge is 0.328 e. The van der Waals surface area contributed by atoms with Gasteiger partial charge in [-0.2, -0.15) is 4.98 Å². The van der Waals surface area contributed by atoms with Crippen LogP contribution in [0.3, 0.4) is 0 Å². The van der Waals surface area contributed by atoms with E-state index < -0.39 is 0 Å². The number of carbonyl (C=O) groups excluding carboxylic acids is 1. The Labute approximate surface area is 171 Å². The van der Waals surface area contributed by atoms with E-state index in [0.29, 0.717) is 11.7 Å². The molecular formula is C20H20N4O2S2. The van der Waals surface area contributed by atoms with Gasteiger partial charge in [0.1, 0.15) is 0 Å². The van der Waals surface area contributed by atoms with Crippen LogP contribution in [0, 0.1) is 0 Å². The Bertz CT molecular complexity index is 993. The molecule has 0 spiro atoms. The standard InChI is InChI=1S/C20H20N4O2S2/c1-2-24-11-9-17(25)23-20(24)28-14-18(26)22-16-7-5-6-15(12-16)13-27-19-8-3-4-10-21-19/h3-12H,2,13-14H2,1H3,(H,22,26). The van der Waals surface area contributed by atoms with Crippen LogP contribution >= 0.6 is 23.5 Å². The van der Waals surface area contributed by atoms with Crippen molar-refractivity contribution in [2.24, 2.45) is 0 Å². The van der Waals surface area contributed by atoms with Gasteiger partial charge in [-0.25, -0.2) is 4.98 Å². The van der Waals surface area contributed by atoms with Gasteiger partial charge in [-0.1, -0.05) is 30.0 Å². The van der Waals surface area contributed by atoms with E-state index in [1.54, 1.807) is 24.2 Å². The number of carbonyl (C=O) groups is 1. The fourth-order valence-corrected chi connectivity index (χ4v) is 4.07. The van der Waals surface area contributed by atoms with E-state index >= 15 is 0 Å². The number of nitrogens with one attached hydrogen (secondary N) is 1. The highest BCUT2D eigenvalue weighted by atomic mass is 32.2. The lowest BCUT2D eigenvalue weighted by Gasteiger charge is -2.10. The van der Waals surface area contributed by atoms with Crippen LogP contribution in [-0.4, -0.2) is 26.2 Å². The second-order valence-corrected chi connectivity index (χ2v) is 7.77. The zero-order valence-electron chi connectivity index (χ0n) is 15.4. The third kappa shape index (κ3) is 5.97. The van der Waals surface area contributed by atoms with Gasteiger partial charge in [-0.15, -0.1) is 11.8 Å². The van der Waals surface area contributed by atoms with Crippen LogP contribution < -0.4 is 10.9 Å². The fraction of sp³-hybridized carbons (Fsp3) is 0.200. The molecule has 28 heavy (non-hydrogen) atoms. The number of anilines is 1. The highest BCUT2D eigenvalue weighted by molar-refractivity contribution is 7.99. The van der Waals surface area contributed by atoms with Crippen LogP contribution in [0.4, 0.5) is 5.69 Å². The zero-order valence-corrected chi connectivity index (χ0v) is 17.0. The predicted octanol–water partition coefficient (Wildman–Crippen LogP) is 3.68. The summed E-state index contributed by atoms with van der Waals surface area (Å²) in [4.78, 5) is 32.0. The number of aromatic nitrogens is 3. The second kappa shape index (κ2) is 10.1. The molecule has 1 aromatic carbocycles. The molecule has 0 unspecified atom stereocenters. The predicted molar refractivity (Wildman–Crippen MR) is 114 cm³/mol. The first-order valence-corrected chi connectivity index (χ1v) is 10.7. The Hall–Kier alpha value is -2.58. The Morgan fingerprint density at radius 1 is 1.14 bits per heavy atom. The SMILES string of the molecule is CCn1ccc(=O)nc1SCC(=O)Nc1cccc(CSc2ccccn2)c1. The topological polar surface area (TPSA) is 76.9 Å². The van der Waals surface area contributed by atoms with Crippen LogP contribution in [0.25, 0.3) is 0 Å². The summed E-state index contributed by atoms with van der Waals surface area (Å²) >= 11 is 2.90. The summed E-state index contributed by atoms with van der Waals surface area (Å²) in [6, 6.07) is 15.0. The van der Waals surface area contributed by atoms with E-state index in [1.165, 1.54) is 17.8 Å². The highest BCUT2D eigenvalue weighted by Crippen LogP contribution is 2.22. The maximum absolute atomic E-state index is 12.3. The zero-order chi connectivity index (χ0) is 19.8. The Morgan fingerprint density at radius 2 is 2.04 bits per heavy atom. The van der Waals surface area contributed by atoms with Crippen molar-refractivity contribution >= 4 is 35.1 Å². The first-order valence-electron chi connectivity index (χ1n) is 8.77. The normalized spacial score (nSPS) is 10.6. The molecule has 0 aliphatic carbocycles. The molecule has 0 fully saturated rings. The second-order valence-electron chi connectivity index (χ2n) is 5.83. The summed E-state index contributed by atoms with van der Waals surface area (Å²) in [5.74, 6) is 0.815. The van der Waals surface area contributed by atoms with Gasteiger partial charge < -0.3 is 9.88 Å². The number of nitrogens with zero attached hydrogens (tertiary/aromatic N) is 3. The van der Waals surface area contributed by atoms with E-state index in [2.05, 4.69) is 15.3 Å². The summed E-state index contributed by atoms with van der Waals surface area (Å²) in [7, 11) is 0. The smallest absolute Gasteiger partial charge is 0.273 e. The molecule has 2 aromatic heterocycles. The number of rotatable bonds is 8. The molecule has 2 heterocycles. The minimum Gasteiger partial charge on any atom is -0.328 e. The van der Waals surface area contributed by atoms with Gasteiger partial charge in [0.15, 0.2) is 5.16 Å². The van der Waals surface area contributed by atoms with Crippen molar-refractivity contribution < 1.29 is 4.79 Å². The molecule has 8 heteroatoms. The highest BCUT2D eigenvalue weighted by Gasteiger charge is 2.08. The van der Waals surface area contributed by atoms with Crippen molar-refractivity contribution in [1.82, 2.24) is 14.5 Å². The molecule has 1 amide bonds. The van der Waals surface area contributed by atoms with Crippen molar-refractivity contribution in [2.75, 3.05) is 11.1 Å². The first kappa shape index (κ1) is 20.2. The molecule has 1 N–H and O–H groups in total. The van der Waals surface area contributed by atoms with Crippen molar-refractivity contribution in [1.29, 1.82) is 0 Å². The van der Waals surface area contributed by atoms with E-state index in [4.69, 9.17) is 0 Å². The molecule has 0 aliphatic rings. The van der Waals surface area contributed by atoms with Crippen LogP contribution in [0.2, 0.25) is 0 Å². The van der Waals surface area contributed by atoms with Crippen molar-refractivity contribution in [2.45, 2.75) is 29.4 Å². The average Bonchev–Trinajstić information content (AvgIpc) is 2.72. The molecule has 144 valence electrons. The van der Waals surface area contributed by atoms with E-state index in [-0.39, 0.29) is 17.2 Å². The van der Waals surface area contributed by atoms with Gasteiger partial charge in [-0.05, 0) is 36.8 Å². The maximum Gasteiger partial charge on any atom is 0.273 e. The quantitative estimate of drug-likeness (QED) is 0.449. The third-order valence-electron chi connectivity index (χ3n) is 3.76. The fourth-order valence-electron chi connectivity index (χ4n) is 2.42. The maximum atomic E-state index is 12.3. The molecule has 0 aliphatic heterocycles. The number of pyridine rings is 1. The summed E-state index contributed by atoms with van der Waals surface area (Å²) in [6.45, 7) is 2.65. The molecule has 0 saturated heterocycles. The molecule has 0 atom stereocenters. The van der Waals surface area contributed by atoms with Gasteiger partial charge in [0.25, 0.3) is 5.56 Å². The van der Waals surface area contributed by atoms with Crippen LogP contribution in [-0.2, 0) is 17.1 Å². The minimum atomic E-state index is -0.300. The first-order chi connectivity index (χ1) is 13.6. The molecule has 0 radical (unpaired) electrons. The molecule has 6 nitrogen and oxygen atoms in total. The Morgan fingerprint density at radius 3 is 2.82 bits per heavy atom. The molecule has 0 bridgehead atoms. The van der Waals surface area contributed by atoms with Gasteiger partial charge in [0.2, 0.25) is 5.91 Å². The molecule has 3 rings (SSSR count). The van der Waals surface area contributed by atoms with Gasteiger partial charge >= 0.3 is 0 Å². The number of benzene rings is 1. The van der Waals surface area contributed by atoms with Crippen molar-refractivity contribution in [3.05, 3.63) is 76.8 Å². The van der Waals surface area contributed by atoms with E-state index in [0.717, 1.165) is 22.0 Å². The Kier molecular flexibility index (Phi) is 7.27.